The van der Waals surface area contributed by atoms with Gasteiger partial charge in [0.05, 0.1) is 12.9 Å². The summed E-state index contributed by atoms with van der Waals surface area (Å²) < 4.78 is 4.67. The predicted molar refractivity (Wildman–Crippen MR) is 43.6 cm³/mol. The van der Waals surface area contributed by atoms with Gasteiger partial charge in [0.2, 0.25) is 0 Å². The second-order valence-corrected chi connectivity index (χ2v) is 2.10. The molecular weight excluding hydrogens is 144 g/mol. The number of carbonyl (C=O) groups excluding carboxylic acids is 1. The van der Waals surface area contributed by atoms with Gasteiger partial charge < -0.3 is 10.5 Å². The van der Waals surface area contributed by atoms with Crippen LogP contribution in [-0.2, 0) is 4.74 Å². The average Bonchev–Trinajstić information content (AvgIpc) is 1.99. The van der Waals surface area contributed by atoms with Crippen LogP contribution in [0.2, 0.25) is 0 Å². The van der Waals surface area contributed by atoms with Crippen molar-refractivity contribution in [2.75, 3.05) is 6.61 Å². The van der Waals surface area contributed by atoms with E-state index in [1.54, 1.807) is 0 Å². The van der Waals surface area contributed by atoms with Crippen molar-refractivity contribution in [1.29, 1.82) is 0 Å². The fourth-order valence-electron chi connectivity index (χ4n) is 0.610. The lowest BCUT2D eigenvalue weighted by Gasteiger charge is -1.98. The number of carbonyl (C=O) groups is 1. The largest absolute Gasteiger partial charge is 0.448 e. The molecule has 0 aromatic rings. The number of amides is 1. The zero-order valence-corrected chi connectivity index (χ0v) is 6.75. The molecule has 0 saturated carbocycles. The van der Waals surface area contributed by atoms with E-state index < -0.39 is 6.09 Å². The number of aliphatic imine (C=N–C) groups is 1. The monoisotopic (exact) mass is 158 g/mol. The van der Waals surface area contributed by atoms with Crippen LogP contribution in [0.25, 0.3) is 0 Å². The molecule has 0 spiro atoms. The molecule has 2 N–H and O–H groups in total. The fourth-order valence-corrected chi connectivity index (χ4v) is 0.610. The smallest absolute Gasteiger partial charge is 0.434 e. The Labute approximate surface area is 66.4 Å². The van der Waals surface area contributed by atoms with Crippen molar-refractivity contribution in [2.24, 2.45) is 10.7 Å². The van der Waals surface area contributed by atoms with Gasteiger partial charge >= 0.3 is 6.09 Å². The Morgan fingerprint density at radius 2 is 2.36 bits per heavy atom. The summed E-state index contributed by atoms with van der Waals surface area (Å²) in [5, 5.41) is 0. The quantitative estimate of drug-likeness (QED) is 0.381. The molecule has 0 atom stereocenters. The van der Waals surface area contributed by atoms with E-state index in [9.17, 15) is 4.79 Å². The lowest BCUT2D eigenvalue weighted by atomic mass is 10.3. The van der Waals surface area contributed by atoms with Crippen LogP contribution in [-0.4, -0.2) is 19.0 Å². The summed E-state index contributed by atoms with van der Waals surface area (Å²) in [4.78, 5) is 13.7. The highest BCUT2D eigenvalue weighted by atomic mass is 16.5. The van der Waals surface area contributed by atoms with E-state index in [-0.39, 0.29) is 0 Å². The van der Waals surface area contributed by atoms with Crippen molar-refractivity contribution >= 4 is 12.4 Å². The van der Waals surface area contributed by atoms with Crippen LogP contribution in [0.5, 0.6) is 0 Å². The Hall–Kier alpha value is -1.06. The first-order chi connectivity index (χ1) is 5.31. The summed E-state index contributed by atoms with van der Waals surface area (Å²) in [5.41, 5.74) is 4.87. The normalized spacial score (nSPS) is 10.3. The minimum absolute atomic E-state index is 0.435. The molecular formula is C7H14N2O2. The molecule has 0 aromatic carbocycles. The molecule has 0 rings (SSSR count). The molecule has 0 saturated heterocycles. The van der Waals surface area contributed by atoms with E-state index in [0.29, 0.717) is 6.61 Å². The van der Waals surface area contributed by atoms with Crippen molar-refractivity contribution in [3.63, 3.8) is 0 Å². The van der Waals surface area contributed by atoms with E-state index in [0.717, 1.165) is 25.6 Å². The van der Waals surface area contributed by atoms with Gasteiger partial charge in [-0.3, -0.25) is 0 Å². The molecule has 0 radical (unpaired) electrons. The molecule has 0 fully saturated rings. The van der Waals surface area contributed by atoms with E-state index in [1.165, 1.54) is 0 Å². The molecule has 4 nitrogen and oxygen atoms in total. The van der Waals surface area contributed by atoms with E-state index in [4.69, 9.17) is 5.73 Å². The SMILES string of the molecule is CCCCCOC(=O)N=CN. The maximum absolute atomic E-state index is 10.5. The number of ether oxygens (including phenoxy) is 1. The van der Waals surface area contributed by atoms with Crippen molar-refractivity contribution in [1.82, 2.24) is 0 Å². The third-order valence-electron chi connectivity index (χ3n) is 1.15. The third kappa shape index (κ3) is 6.83. The van der Waals surface area contributed by atoms with Gasteiger partial charge in [-0.05, 0) is 6.42 Å². The first-order valence-electron chi connectivity index (χ1n) is 3.72. The first-order valence-corrected chi connectivity index (χ1v) is 3.72. The summed E-state index contributed by atoms with van der Waals surface area (Å²) in [6.07, 6.45) is 3.39. The van der Waals surface area contributed by atoms with Crippen molar-refractivity contribution in [2.45, 2.75) is 26.2 Å². The van der Waals surface area contributed by atoms with Gasteiger partial charge in [0, 0.05) is 0 Å². The maximum Gasteiger partial charge on any atom is 0.434 e. The van der Waals surface area contributed by atoms with Gasteiger partial charge in [0.15, 0.2) is 0 Å². The summed E-state index contributed by atoms with van der Waals surface area (Å²) in [6.45, 7) is 2.52. The molecule has 0 aliphatic carbocycles. The maximum atomic E-state index is 10.5. The number of hydrogen-bond acceptors (Lipinski definition) is 2. The van der Waals surface area contributed by atoms with Crippen molar-refractivity contribution in [3.05, 3.63) is 0 Å². The van der Waals surface area contributed by atoms with Crippen LogP contribution in [0.1, 0.15) is 26.2 Å². The Kier molecular flexibility index (Phi) is 6.37. The fraction of sp³-hybridized carbons (Fsp3) is 0.714. The summed E-state index contributed by atoms with van der Waals surface area (Å²) in [6, 6.07) is 0. The average molecular weight is 158 g/mol. The highest BCUT2D eigenvalue weighted by molar-refractivity contribution is 5.77. The molecule has 0 unspecified atom stereocenters. The highest BCUT2D eigenvalue weighted by Gasteiger charge is 1.95. The van der Waals surface area contributed by atoms with Gasteiger partial charge in [-0.25, -0.2) is 4.79 Å². The van der Waals surface area contributed by atoms with Crippen LogP contribution in [0.15, 0.2) is 4.99 Å². The van der Waals surface area contributed by atoms with Gasteiger partial charge in [-0.2, -0.15) is 4.99 Å². The predicted octanol–water partition coefficient (Wildman–Crippen LogP) is 1.30. The van der Waals surface area contributed by atoms with Crippen LogP contribution in [0.3, 0.4) is 0 Å². The number of unbranched alkanes of at least 4 members (excludes halogenated alkanes) is 2. The van der Waals surface area contributed by atoms with Crippen LogP contribution < -0.4 is 5.73 Å². The number of nitrogens with zero attached hydrogens (tertiary/aromatic N) is 1. The molecule has 0 aliphatic heterocycles. The van der Waals surface area contributed by atoms with E-state index >= 15 is 0 Å². The first kappa shape index (κ1) is 9.94. The van der Waals surface area contributed by atoms with Crippen LogP contribution >= 0.6 is 0 Å². The summed E-state index contributed by atoms with van der Waals surface area (Å²) in [5.74, 6) is 0. The lowest BCUT2D eigenvalue weighted by molar-refractivity contribution is 0.155. The Bertz CT molecular complexity index is 134. The van der Waals surface area contributed by atoms with Crippen molar-refractivity contribution < 1.29 is 9.53 Å². The molecule has 0 aliphatic rings. The Morgan fingerprint density at radius 3 is 2.91 bits per heavy atom. The number of rotatable bonds is 4. The minimum Gasteiger partial charge on any atom is -0.448 e. The standard InChI is InChI=1S/C7H14N2O2/c1-2-3-4-5-11-7(10)9-6-8/h6H,2-5H2,1H3,(H2,8,9,10). The van der Waals surface area contributed by atoms with Crippen molar-refractivity contribution in [3.8, 4) is 0 Å². The third-order valence-corrected chi connectivity index (χ3v) is 1.15. The lowest BCUT2D eigenvalue weighted by Crippen LogP contribution is -2.03. The minimum atomic E-state index is -0.608. The van der Waals surface area contributed by atoms with E-state index in [1.807, 2.05) is 0 Å². The molecule has 4 heteroatoms. The topological polar surface area (TPSA) is 64.7 Å². The molecule has 0 heterocycles. The number of hydrogen-bond donors (Lipinski definition) is 1. The molecule has 1 amide bonds. The second kappa shape index (κ2) is 7.05. The van der Waals surface area contributed by atoms with Gasteiger partial charge in [0.25, 0.3) is 0 Å². The summed E-state index contributed by atoms with van der Waals surface area (Å²) >= 11 is 0. The highest BCUT2D eigenvalue weighted by Crippen LogP contribution is 1.94. The molecule has 64 valence electrons. The van der Waals surface area contributed by atoms with Gasteiger partial charge in [-0.15, -0.1) is 0 Å². The van der Waals surface area contributed by atoms with Crippen LogP contribution in [0, 0.1) is 0 Å². The summed E-state index contributed by atoms with van der Waals surface area (Å²) in [7, 11) is 0. The van der Waals surface area contributed by atoms with Crippen LogP contribution in [0.4, 0.5) is 4.79 Å². The molecule has 11 heavy (non-hydrogen) atoms. The zero-order chi connectivity index (χ0) is 8.53. The van der Waals surface area contributed by atoms with E-state index in [2.05, 4.69) is 16.7 Å². The number of nitrogens with two attached hydrogens (primary N) is 1. The Morgan fingerprint density at radius 1 is 1.64 bits per heavy atom. The van der Waals surface area contributed by atoms with Gasteiger partial charge in [0.1, 0.15) is 0 Å². The molecule has 0 aromatic heterocycles. The Balaban J connectivity index is 3.17. The zero-order valence-electron chi connectivity index (χ0n) is 6.75. The van der Waals surface area contributed by atoms with Gasteiger partial charge in [-0.1, -0.05) is 19.8 Å². The molecule has 0 bridgehead atoms. The second-order valence-electron chi connectivity index (χ2n) is 2.10.